The highest BCUT2D eigenvalue weighted by molar-refractivity contribution is 5.89. The van der Waals surface area contributed by atoms with Gasteiger partial charge in [0.1, 0.15) is 5.75 Å². The zero-order valence-electron chi connectivity index (χ0n) is 12.6. The number of halogens is 1. The second-order valence-electron chi connectivity index (χ2n) is 5.13. The van der Waals surface area contributed by atoms with E-state index in [0.717, 1.165) is 12.3 Å². The van der Waals surface area contributed by atoms with Gasteiger partial charge < -0.3 is 25.2 Å². The van der Waals surface area contributed by atoms with Crippen LogP contribution in [0.1, 0.15) is 10.4 Å². The molecule has 0 amide bonds. The van der Waals surface area contributed by atoms with Crippen LogP contribution in [0, 0.1) is 5.82 Å². The summed E-state index contributed by atoms with van der Waals surface area (Å²) in [4.78, 5) is 20.6. The van der Waals surface area contributed by atoms with Crippen molar-refractivity contribution in [3.05, 3.63) is 35.8 Å². The number of phenolic OH excluding ortho intramolecular Hbond substituents is 1. The molecule has 9 heteroatoms. The van der Waals surface area contributed by atoms with Crippen LogP contribution in [0.25, 0.3) is 0 Å². The van der Waals surface area contributed by atoms with E-state index in [0.29, 0.717) is 26.3 Å². The van der Waals surface area contributed by atoms with Crippen molar-refractivity contribution in [2.24, 2.45) is 0 Å². The van der Waals surface area contributed by atoms with Crippen molar-refractivity contribution < 1.29 is 24.1 Å². The molecule has 3 rings (SSSR count). The maximum Gasteiger partial charge on any atom is 0.335 e. The van der Waals surface area contributed by atoms with Crippen LogP contribution in [0.4, 0.5) is 21.8 Å². The van der Waals surface area contributed by atoms with Crippen molar-refractivity contribution in [2.75, 3.05) is 36.5 Å². The number of benzene rings is 1. The van der Waals surface area contributed by atoms with Crippen molar-refractivity contribution in [3.63, 3.8) is 0 Å². The number of morpholine rings is 1. The Morgan fingerprint density at radius 2 is 2.08 bits per heavy atom. The van der Waals surface area contributed by atoms with Crippen LogP contribution in [-0.4, -0.2) is 52.5 Å². The van der Waals surface area contributed by atoms with E-state index in [1.54, 1.807) is 4.90 Å². The molecule has 3 N–H and O–H groups in total. The molecule has 0 radical (unpaired) electrons. The van der Waals surface area contributed by atoms with Crippen LogP contribution >= 0.6 is 0 Å². The monoisotopic (exact) mass is 334 g/mol. The molecule has 2 aromatic rings. The van der Waals surface area contributed by atoms with Crippen LogP contribution in [0.5, 0.6) is 5.75 Å². The first-order valence-corrected chi connectivity index (χ1v) is 7.23. The number of hydrogen-bond acceptors (Lipinski definition) is 7. The Labute approximate surface area is 136 Å². The highest BCUT2D eigenvalue weighted by Gasteiger charge is 2.18. The van der Waals surface area contributed by atoms with Crippen LogP contribution in [-0.2, 0) is 4.74 Å². The number of hydrogen-bond donors (Lipinski definition) is 3. The Kier molecular flexibility index (Phi) is 4.43. The quantitative estimate of drug-likeness (QED) is 0.724. The summed E-state index contributed by atoms with van der Waals surface area (Å²) < 4.78 is 19.2. The van der Waals surface area contributed by atoms with Crippen molar-refractivity contribution in [3.8, 4) is 5.75 Å². The number of anilines is 3. The second kappa shape index (κ2) is 6.67. The molecule has 1 saturated heterocycles. The summed E-state index contributed by atoms with van der Waals surface area (Å²) in [6, 6.07) is 3.83. The first-order chi connectivity index (χ1) is 11.5. The fraction of sp³-hybridized carbons (Fsp3) is 0.267. The number of aromatic hydroxyl groups is 1. The highest BCUT2D eigenvalue weighted by atomic mass is 19.1. The number of nitrogens with one attached hydrogen (secondary N) is 1. The van der Waals surface area contributed by atoms with Crippen LogP contribution in [0.2, 0.25) is 0 Å². The molecule has 0 bridgehead atoms. The summed E-state index contributed by atoms with van der Waals surface area (Å²) in [5.41, 5.74) is 0.173. The summed E-state index contributed by atoms with van der Waals surface area (Å²) in [6.07, 6.45) is 1.04. The van der Waals surface area contributed by atoms with Crippen molar-refractivity contribution in [2.45, 2.75) is 0 Å². The summed E-state index contributed by atoms with van der Waals surface area (Å²) >= 11 is 0. The lowest BCUT2D eigenvalue weighted by Gasteiger charge is -2.28. The molecule has 1 aromatic carbocycles. The molecule has 1 aliphatic heterocycles. The molecule has 2 heterocycles. The average Bonchev–Trinajstić information content (AvgIpc) is 2.59. The molecule has 0 saturated carbocycles. The predicted molar refractivity (Wildman–Crippen MR) is 83.4 cm³/mol. The van der Waals surface area contributed by atoms with Gasteiger partial charge in [-0.2, -0.15) is 4.98 Å². The van der Waals surface area contributed by atoms with Crippen molar-refractivity contribution >= 4 is 23.4 Å². The Hall–Kier alpha value is -2.94. The Bertz CT molecular complexity index is 765. The third kappa shape index (κ3) is 3.35. The number of rotatable bonds is 4. The number of carbonyl (C=O) groups is 1. The van der Waals surface area contributed by atoms with E-state index in [-0.39, 0.29) is 28.8 Å². The van der Waals surface area contributed by atoms with E-state index >= 15 is 0 Å². The number of carboxylic acid groups (broad SMARTS) is 1. The van der Waals surface area contributed by atoms with Crippen LogP contribution < -0.4 is 10.2 Å². The number of nitrogens with zero attached hydrogens (tertiary/aromatic N) is 3. The minimum absolute atomic E-state index is 0.0490. The molecule has 1 fully saturated rings. The molecule has 0 spiro atoms. The first kappa shape index (κ1) is 15.9. The lowest BCUT2D eigenvalue weighted by molar-refractivity contribution is 0.0696. The maximum absolute atomic E-state index is 14.0. The highest BCUT2D eigenvalue weighted by Crippen LogP contribution is 2.27. The van der Waals surface area contributed by atoms with E-state index in [9.17, 15) is 14.3 Å². The number of ether oxygens (including phenoxy) is 1. The Morgan fingerprint density at radius 1 is 1.33 bits per heavy atom. The van der Waals surface area contributed by atoms with E-state index < -0.39 is 11.8 Å². The summed E-state index contributed by atoms with van der Waals surface area (Å²) in [6.45, 7) is 2.02. The lowest BCUT2D eigenvalue weighted by Crippen LogP contribution is -2.37. The molecular formula is C15H15FN4O4. The second-order valence-corrected chi connectivity index (χ2v) is 5.13. The van der Waals surface area contributed by atoms with Gasteiger partial charge in [-0.15, -0.1) is 0 Å². The minimum Gasteiger partial charge on any atom is -0.506 e. The molecule has 8 nitrogen and oxygen atoms in total. The number of phenols is 1. The standard InChI is InChI=1S/C15H15FN4O4/c16-10-8-17-15(19-13(10)20-3-5-24-6-4-20)18-11-2-1-9(14(22)23)7-12(11)21/h1-2,7-8,21H,3-6H2,(H,22,23)(H,17,18,19). The summed E-state index contributed by atoms with van der Waals surface area (Å²) in [5.74, 6) is -1.72. The lowest BCUT2D eigenvalue weighted by atomic mass is 10.2. The van der Waals surface area contributed by atoms with Gasteiger partial charge >= 0.3 is 5.97 Å². The van der Waals surface area contributed by atoms with Gasteiger partial charge in [0.05, 0.1) is 30.7 Å². The van der Waals surface area contributed by atoms with Gasteiger partial charge in [0.2, 0.25) is 5.95 Å². The average molecular weight is 334 g/mol. The van der Waals surface area contributed by atoms with Gasteiger partial charge in [-0.3, -0.25) is 0 Å². The topological polar surface area (TPSA) is 108 Å². The van der Waals surface area contributed by atoms with Crippen LogP contribution in [0.3, 0.4) is 0 Å². The van der Waals surface area contributed by atoms with Crippen molar-refractivity contribution in [1.82, 2.24) is 9.97 Å². The van der Waals surface area contributed by atoms with E-state index in [1.165, 1.54) is 12.1 Å². The molecule has 0 atom stereocenters. The van der Waals surface area contributed by atoms with E-state index in [4.69, 9.17) is 9.84 Å². The number of aromatic carboxylic acids is 1. The SMILES string of the molecule is O=C(O)c1ccc(Nc2ncc(F)c(N3CCOCC3)n2)c(O)c1. The predicted octanol–water partition coefficient (Wildman–Crippen LogP) is 1.60. The third-order valence-electron chi connectivity index (χ3n) is 3.53. The molecule has 0 unspecified atom stereocenters. The summed E-state index contributed by atoms with van der Waals surface area (Å²) in [7, 11) is 0. The van der Waals surface area contributed by atoms with Crippen molar-refractivity contribution in [1.29, 1.82) is 0 Å². The van der Waals surface area contributed by atoms with Gasteiger partial charge in [0, 0.05) is 13.1 Å². The van der Waals surface area contributed by atoms with E-state index in [2.05, 4.69) is 15.3 Å². The largest absolute Gasteiger partial charge is 0.506 e. The minimum atomic E-state index is -1.15. The summed E-state index contributed by atoms with van der Waals surface area (Å²) in [5, 5.41) is 21.5. The Balaban J connectivity index is 1.84. The first-order valence-electron chi connectivity index (χ1n) is 7.23. The molecule has 24 heavy (non-hydrogen) atoms. The smallest absolute Gasteiger partial charge is 0.335 e. The van der Waals surface area contributed by atoms with Gasteiger partial charge in [0.15, 0.2) is 11.6 Å². The molecular weight excluding hydrogens is 319 g/mol. The number of aromatic nitrogens is 2. The van der Waals surface area contributed by atoms with Gasteiger partial charge in [-0.1, -0.05) is 0 Å². The van der Waals surface area contributed by atoms with Gasteiger partial charge in [-0.25, -0.2) is 14.2 Å². The molecule has 0 aliphatic carbocycles. The molecule has 1 aliphatic rings. The van der Waals surface area contributed by atoms with Gasteiger partial charge in [-0.05, 0) is 18.2 Å². The fourth-order valence-corrected chi connectivity index (χ4v) is 2.31. The number of carboxylic acids is 1. The van der Waals surface area contributed by atoms with E-state index in [1.807, 2.05) is 0 Å². The zero-order chi connectivity index (χ0) is 17.1. The zero-order valence-corrected chi connectivity index (χ0v) is 12.6. The Morgan fingerprint density at radius 3 is 2.75 bits per heavy atom. The molecule has 126 valence electrons. The third-order valence-corrected chi connectivity index (χ3v) is 3.53. The fourth-order valence-electron chi connectivity index (χ4n) is 2.31. The molecule has 1 aromatic heterocycles. The van der Waals surface area contributed by atoms with Crippen LogP contribution in [0.15, 0.2) is 24.4 Å². The normalized spacial score (nSPS) is 14.5. The van der Waals surface area contributed by atoms with Gasteiger partial charge in [0.25, 0.3) is 0 Å². The maximum atomic E-state index is 14.0.